The van der Waals surface area contributed by atoms with E-state index in [4.69, 9.17) is 23.2 Å². The molecule has 1 aliphatic heterocycles. The highest BCUT2D eigenvalue weighted by Gasteiger charge is 2.18. The van der Waals surface area contributed by atoms with Crippen molar-refractivity contribution in [1.82, 2.24) is 14.9 Å². The van der Waals surface area contributed by atoms with E-state index in [1.165, 1.54) is 0 Å². The Morgan fingerprint density at radius 1 is 1.12 bits per heavy atom. The third kappa shape index (κ3) is 3.88. The number of carbonyl (C=O) groups excluding carboxylic acids is 1. The second-order valence-electron chi connectivity index (χ2n) is 5.57. The highest BCUT2D eigenvalue weighted by molar-refractivity contribution is 6.36. The molecule has 0 aliphatic carbocycles. The molecule has 0 spiro atoms. The molecule has 0 radical (unpaired) electrons. The predicted molar refractivity (Wildman–Crippen MR) is 96.4 cm³/mol. The van der Waals surface area contributed by atoms with Gasteiger partial charge in [0.2, 0.25) is 12.4 Å². The van der Waals surface area contributed by atoms with Gasteiger partial charge in [0.15, 0.2) is 0 Å². The van der Waals surface area contributed by atoms with E-state index in [0.717, 1.165) is 17.8 Å². The molecule has 24 heavy (non-hydrogen) atoms. The molecule has 0 saturated carbocycles. The van der Waals surface area contributed by atoms with Crippen LogP contribution in [0.4, 0.5) is 17.5 Å². The van der Waals surface area contributed by atoms with Gasteiger partial charge in [-0.3, -0.25) is 4.79 Å². The fraction of sp³-hybridized carbons (Fsp3) is 0.312. The van der Waals surface area contributed by atoms with E-state index < -0.39 is 0 Å². The summed E-state index contributed by atoms with van der Waals surface area (Å²) in [4.78, 5) is 23.7. The summed E-state index contributed by atoms with van der Waals surface area (Å²) in [6.45, 7) is 4.69. The molecule has 0 bridgehead atoms. The molecular weight excluding hydrogens is 349 g/mol. The molecule has 2 aromatic rings. The third-order valence-electron chi connectivity index (χ3n) is 3.78. The Bertz CT molecular complexity index is 747. The van der Waals surface area contributed by atoms with Crippen molar-refractivity contribution >= 4 is 47.1 Å². The fourth-order valence-corrected chi connectivity index (χ4v) is 2.97. The van der Waals surface area contributed by atoms with Gasteiger partial charge in [-0.25, -0.2) is 4.98 Å². The normalized spacial score (nSPS) is 14.6. The van der Waals surface area contributed by atoms with Crippen molar-refractivity contribution in [3.63, 3.8) is 0 Å². The van der Waals surface area contributed by atoms with Crippen LogP contribution in [0, 0.1) is 6.92 Å². The van der Waals surface area contributed by atoms with Crippen LogP contribution in [-0.4, -0.2) is 47.5 Å². The van der Waals surface area contributed by atoms with E-state index in [2.05, 4.69) is 20.2 Å². The number of benzene rings is 1. The summed E-state index contributed by atoms with van der Waals surface area (Å²) in [7, 11) is 0. The van der Waals surface area contributed by atoms with Crippen LogP contribution < -0.4 is 10.2 Å². The highest BCUT2D eigenvalue weighted by atomic mass is 35.5. The second kappa shape index (κ2) is 7.23. The number of amides is 1. The van der Waals surface area contributed by atoms with Gasteiger partial charge in [-0.15, -0.1) is 0 Å². The van der Waals surface area contributed by atoms with Crippen molar-refractivity contribution in [1.29, 1.82) is 0 Å². The minimum Gasteiger partial charge on any atom is -0.342 e. The summed E-state index contributed by atoms with van der Waals surface area (Å²) in [5, 5.41) is 4.31. The quantitative estimate of drug-likeness (QED) is 0.843. The Kier molecular flexibility index (Phi) is 5.06. The Hall–Kier alpha value is -2.05. The number of piperazine rings is 1. The van der Waals surface area contributed by atoms with Crippen LogP contribution in [0.25, 0.3) is 0 Å². The maximum atomic E-state index is 10.8. The van der Waals surface area contributed by atoms with Crippen LogP contribution in [-0.2, 0) is 4.79 Å². The summed E-state index contributed by atoms with van der Waals surface area (Å²) in [5.41, 5.74) is 1.58. The van der Waals surface area contributed by atoms with Crippen molar-refractivity contribution in [2.75, 3.05) is 36.4 Å². The van der Waals surface area contributed by atoms with E-state index >= 15 is 0 Å². The lowest BCUT2D eigenvalue weighted by molar-refractivity contribution is -0.118. The Labute approximate surface area is 150 Å². The number of aryl methyl sites for hydroxylation is 1. The van der Waals surface area contributed by atoms with Crippen LogP contribution in [0.5, 0.6) is 0 Å². The Morgan fingerprint density at radius 3 is 2.54 bits per heavy atom. The molecule has 8 heteroatoms. The minimum atomic E-state index is 0.528. The second-order valence-corrected chi connectivity index (χ2v) is 6.42. The first-order valence-corrected chi connectivity index (χ1v) is 8.33. The predicted octanol–water partition coefficient (Wildman–Crippen LogP) is 3.11. The first kappa shape index (κ1) is 16.8. The van der Waals surface area contributed by atoms with Gasteiger partial charge < -0.3 is 15.1 Å². The van der Waals surface area contributed by atoms with Gasteiger partial charge in [0, 0.05) is 43.0 Å². The average molecular weight is 366 g/mol. The lowest BCUT2D eigenvalue weighted by atomic mass is 10.3. The lowest BCUT2D eigenvalue weighted by Gasteiger charge is -2.32. The van der Waals surface area contributed by atoms with Crippen molar-refractivity contribution in [2.24, 2.45) is 0 Å². The van der Waals surface area contributed by atoms with Gasteiger partial charge in [0.25, 0.3) is 0 Å². The number of nitrogens with one attached hydrogen (secondary N) is 1. The molecule has 1 N–H and O–H groups in total. The maximum Gasteiger partial charge on any atom is 0.227 e. The fourth-order valence-electron chi connectivity index (χ4n) is 2.51. The molecule has 1 aromatic heterocycles. The smallest absolute Gasteiger partial charge is 0.227 e. The number of rotatable bonds is 4. The summed E-state index contributed by atoms with van der Waals surface area (Å²) in [6, 6.07) is 7.11. The van der Waals surface area contributed by atoms with Crippen LogP contribution in [0.3, 0.4) is 0 Å². The standard InChI is InChI=1S/C16H17Cl2N5O/c1-11-8-15(20-14-3-2-12(17)9-13(14)18)21-16(19-11)23-6-4-22(10-24)5-7-23/h2-3,8-10H,4-7H2,1H3,(H,19,20,21). The zero-order chi connectivity index (χ0) is 17.1. The number of carbonyl (C=O) groups is 1. The molecule has 6 nitrogen and oxygen atoms in total. The maximum absolute atomic E-state index is 10.8. The van der Waals surface area contributed by atoms with Crippen LogP contribution in [0.1, 0.15) is 5.69 Å². The molecule has 1 fully saturated rings. The van der Waals surface area contributed by atoms with Crippen LogP contribution in [0.15, 0.2) is 24.3 Å². The van der Waals surface area contributed by atoms with Crippen LogP contribution in [0.2, 0.25) is 10.0 Å². The molecule has 2 heterocycles. The lowest BCUT2D eigenvalue weighted by Crippen LogP contribution is -2.46. The zero-order valence-corrected chi connectivity index (χ0v) is 14.7. The summed E-state index contributed by atoms with van der Waals surface area (Å²) in [5.74, 6) is 1.31. The van der Waals surface area contributed by atoms with Crippen molar-refractivity contribution in [2.45, 2.75) is 6.92 Å². The monoisotopic (exact) mass is 365 g/mol. The minimum absolute atomic E-state index is 0.528. The molecule has 1 aromatic carbocycles. The summed E-state index contributed by atoms with van der Waals surface area (Å²) >= 11 is 12.1. The number of aromatic nitrogens is 2. The van der Waals surface area contributed by atoms with Gasteiger partial charge in [0.05, 0.1) is 10.7 Å². The Balaban J connectivity index is 1.80. The number of nitrogens with zero attached hydrogens (tertiary/aromatic N) is 4. The van der Waals surface area contributed by atoms with E-state index in [1.807, 2.05) is 19.1 Å². The highest BCUT2D eigenvalue weighted by Crippen LogP contribution is 2.28. The molecule has 0 unspecified atom stereocenters. The average Bonchev–Trinajstić information content (AvgIpc) is 2.57. The molecule has 3 rings (SSSR count). The Morgan fingerprint density at radius 2 is 1.88 bits per heavy atom. The van der Waals surface area contributed by atoms with Crippen molar-refractivity contribution < 1.29 is 4.79 Å². The molecule has 126 valence electrons. The van der Waals surface area contributed by atoms with E-state index in [0.29, 0.717) is 48.0 Å². The van der Waals surface area contributed by atoms with Gasteiger partial charge in [-0.1, -0.05) is 23.2 Å². The van der Waals surface area contributed by atoms with E-state index in [9.17, 15) is 4.79 Å². The third-order valence-corrected chi connectivity index (χ3v) is 4.33. The number of halogens is 2. The number of anilines is 3. The van der Waals surface area contributed by atoms with Gasteiger partial charge in [-0.2, -0.15) is 4.98 Å². The largest absolute Gasteiger partial charge is 0.342 e. The number of hydrogen-bond acceptors (Lipinski definition) is 5. The molecular formula is C16H17Cl2N5O. The molecule has 1 saturated heterocycles. The van der Waals surface area contributed by atoms with Gasteiger partial charge >= 0.3 is 0 Å². The molecule has 0 atom stereocenters. The molecule has 1 amide bonds. The first-order chi connectivity index (χ1) is 11.5. The van der Waals surface area contributed by atoms with Gasteiger partial charge in [-0.05, 0) is 25.1 Å². The topological polar surface area (TPSA) is 61.4 Å². The SMILES string of the molecule is Cc1cc(Nc2ccc(Cl)cc2Cl)nc(N2CCN(C=O)CC2)n1. The number of hydrogen-bond donors (Lipinski definition) is 1. The first-order valence-electron chi connectivity index (χ1n) is 7.57. The van der Waals surface area contributed by atoms with Crippen molar-refractivity contribution in [3.8, 4) is 0 Å². The van der Waals surface area contributed by atoms with E-state index in [-0.39, 0.29) is 0 Å². The van der Waals surface area contributed by atoms with E-state index in [1.54, 1.807) is 17.0 Å². The van der Waals surface area contributed by atoms with Crippen molar-refractivity contribution in [3.05, 3.63) is 40.0 Å². The summed E-state index contributed by atoms with van der Waals surface area (Å²) in [6.07, 6.45) is 0.879. The summed E-state index contributed by atoms with van der Waals surface area (Å²) < 4.78 is 0. The molecule has 1 aliphatic rings. The van der Waals surface area contributed by atoms with Gasteiger partial charge in [0.1, 0.15) is 5.82 Å². The van der Waals surface area contributed by atoms with Crippen LogP contribution >= 0.6 is 23.2 Å². The zero-order valence-electron chi connectivity index (χ0n) is 13.2.